The van der Waals surface area contributed by atoms with E-state index in [0.29, 0.717) is 24.9 Å². The largest absolute Gasteiger partial charge is 0.384 e. The molecule has 1 heterocycles. The van der Waals surface area contributed by atoms with Crippen LogP contribution in [0.5, 0.6) is 0 Å². The van der Waals surface area contributed by atoms with E-state index < -0.39 is 0 Å². The van der Waals surface area contributed by atoms with Gasteiger partial charge < -0.3 is 20.3 Å². The van der Waals surface area contributed by atoms with Crippen LogP contribution in [-0.4, -0.2) is 68.7 Å². The predicted molar refractivity (Wildman–Crippen MR) is 81.5 cm³/mol. The fraction of sp³-hybridized carbons (Fsp3) is 0.933. The van der Waals surface area contributed by atoms with Crippen LogP contribution in [0, 0.1) is 11.8 Å². The standard InChI is InChI=1S/C15H31N3O2/c1-13(12-20-3)9-15(19)18-6-4-5-17(7-8-18)11-14(2)10-16/h13-14H,4-12,16H2,1-3H3. The minimum atomic E-state index is 0.267. The van der Waals surface area contributed by atoms with Crippen LogP contribution in [0.25, 0.3) is 0 Å². The highest BCUT2D eigenvalue weighted by Gasteiger charge is 2.21. The van der Waals surface area contributed by atoms with E-state index in [-0.39, 0.29) is 5.91 Å². The number of hydrogen-bond acceptors (Lipinski definition) is 4. The Hall–Kier alpha value is -0.650. The Morgan fingerprint density at radius 3 is 2.60 bits per heavy atom. The normalized spacial score (nSPS) is 20.5. The number of carbonyl (C=O) groups is 1. The Labute approximate surface area is 123 Å². The zero-order chi connectivity index (χ0) is 15.0. The molecule has 0 radical (unpaired) electrons. The van der Waals surface area contributed by atoms with Gasteiger partial charge in [-0.1, -0.05) is 13.8 Å². The molecular formula is C15H31N3O2. The first-order valence-corrected chi connectivity index (χ1v) is 7.76. The molecule has 0 aliphatic carbocycles. The summed E-state index contributed by atoms with van der Waals surface area (Å²) in [6, 6.07) is 0. The molecule has 0 spiro atoms. The molecule has 1 rings (SSSR count). The first-order chi connectivity index (χ1) is 9.56. The lowest BCUT2D eigenvalue weighted by molar-refractivity contribution is -0.132. The number of amides is 1. The summed E-state index contributed by atoms with van der Waals surface area (Å²) in [4.78, 5) is 16.7. The quantitative estimate of drug-likeness (QED) is 0.751. The van der Waals surface area contributed by atoms with E-state index in [9.17, 15) is 4.79 Å². The number of ether oxygens (including phenoxy) is 1. The summed E-state index contributed by atoms with van der Waals surface area (Å²) < 4.78 is 5.10. The molecule has 20 heavy (non-hydrogen) atoms. The van der Waals surface area contributed by atoms with E-state index in [1.165, 1.54) is 0 Å². The number of hydrogen-bond donors (Lipinski definition) is 1. The van der Waals surface area contributed by atoms with Gasteiger partial charge in [0.25, 0.3) is 0 Å². The highest BCUT2D eigenvalue weighted by Crippen LogP contribution is 2.10. The fourth-order valence-electron chi connectivity index (χ4n) is 2.69. The van der Waals surface area contributed by atoms with Gasteiger partial charge in [-0.05, 0) is 31.3 Å². The van der Waals surface area contributed by atoms with Crippen LogP contribution in [0.1, 0.15) is 26.7 Å². The maximum Gasteiger partial charge on any atom is 0.222 e. The first-order valence-electron chi connectivity index (χ1n) is 7.76. The molecule has 1 amide bonds. The molecule has 0 saturated carbocycles. The third-order valence-corrected chi connectivity index (χ3v) is 3.89. The number of nitrogens with two attached hydrogens (primary N) is 1. The molecule has 2 atom stereocenters. The van der Waals surface area contributed by atoms with Gasteiger partial charge in [-0.25, -0.2) is 0 Å². The summed E-state index contributed by atoms with van der Waals surface area (Å²) >= 11 is 0. The molecule has 0 bridgehead atoms. The molecule has 0 aromatic rings. The monoisotopic (exact) mass is 285 g/mol. The number of rotatable bonds is 7. The fourth-order valence-corrected chi connectivity index (χ4v) is 2.69. The zero-order valence-corrected chi connectivity index (χ0v) is 13.3. The van der Waals surface area contributed by atoms with Gasteiger partial charge in [0.1, 0.15) is 0 Å². The van der Waals surface area contributed by atoms with E-state index in [0.717, 1.165) is 45.7 Å². The van der Waals surface area contributed by atoms with E-state index in [4.69, 9.17) is 10.5 Å². The third kappa shape index (κ3) is 6.20. The smallest absolute Gasteiger partial charge is 0.222 e. The average Bonchev–Trinajstić information content (AvgIpc) is 2.64. The van der Waals surface area contributed by atoms with Gasteiger partial charge in [0.05, 0.1) is 0 Å². The highest BCUT2D eigenvalue weighted by atomic mass is 16.5. The second-order valence-electron chi connectivity index (χ2n) is 6.14. The van der Waals surface area contributed by atoms with Crippen molar-refractivity contribution in [3.63, 3.8) is 0 Å². The summed E-state index contributed by atoms with van der Waals surface area (Å²) in [5.41, 5.74) is 5.68. The maximum absolute atomic E-state index is 12.3. The molecule has 5 heteroatoms. The molecular weight excluding hydrogens is 254 g/mol. The van der Waals surface area contributed by atoms with Gasteiger partial charge in [0.15, 0.2) is 0 Å². The predicted octanol–water partition coefficient (Wildman–Crippen LogP) is 0.788. The average molecular weight is 285 g/mol. The topological polar surface area (TPSA) is 58.8 Å². The summed E-state index contributed by atoms with van der Waals surface area (Å²) in [7, 11) is 1.68. The molecule has 2 N–H and O–H groups in total. The van der Waals surface area contributed by atoms with Crippen LogP contribution in [0.2, 0.25) is 0 Å². The van der Waals surface area contributed by atoms with Gasteiger partial charge in [0.2, 0.25) is 5.91 Å². The van der Waals surface area contributed by atoms with Crippen molar-refractivity contribution in [3.05, 3.63) is 0 Å². The Balaban J connectivity index is 2.37. The van der Waals surface area contributed by atoms with Crippen molar-refractivity contribution in [3.8, 4) is 0 Å². The van der Waals surface area contributed by atoms with Crippen LogP contribution < -0.4 is 5.73 Å². The molecule has 1 aliphatic heterocycles. The Morgan fingerprint density at radius 1 is 1.20 bits per heavy atom. The molecule has 1 aliphatic rings. The van der Waals surface area contributed by atoms with Gasteiger partial charge >= 0.3 is 0 Å². The number of nitrogens with zero attached hydrogens (tertiary/aromatic N) is 2. The maximum atomic E-state index is 12.3. The minimum absolute atomic E-state index is 0.267. The molecule has 1 saturated heterocycles. The van der Waals surface area contributed by atoms with Crippen LogP contribution in [0.3, 0.4) is 0 Å². The van der Waals surface area contributed by atoms with Gasteiger partial charge in [-0.3, -0.25) is 4.79 Å². The molecule has 1 fully saturated rings. The van der Waals surface area contributed by atoms with Crippen molar-refractivity contribution < 1.29 is 9.53 Å². The second kappa shape index (κ2) is 9.32. The molecule has 118 valence electrons. The van der Waals surface area contributed by atoms with Gasteiger partial charge in [-0.2, -0.15) is 0 Å². The van der Waals surface area contributed by atoms with Crippen molar-refractivity contribution in [1.82, 2.24) is 9.80 Å². The summed E-state index contributed by atoms with van der Waals surface area (Å²) in [5, 5.41) is 0. The second-order valence-corrected chi connectivity index (χ2v) is 6.14. The Bertz CT molecular complexity index is 286. The molecule has 2 unspecified atom stereocenters. The molecule has 0 aromatic heterocycles. The summed E-state index contributed by atoms with van der Waals surface area (Å²) in [6.07, 6.45) is 1.65. The number of methoxy groups -OCH3 is 1. The van der Waals surface area contributed by atoms with Crippen molar-refractivity contribution in [2.45, 2.75) is 26.7 Å². The van der Waals surface area contributed by atoms with Crippen molar-refractivity contribution in [2.24, 2.45) is 17.6 Å². The highest BCUT2D eigenvalue weighted by molar-refractivity contribution is 5.76. The van der Waals surface area contributed by atoms with E-state index >= 15 is 0 Å². The minimum Gasteiger partial charge on any atom is -0.384 e. The molecule has 5 nitrogen and oxygen atoms in total. The lowest BCUT2D eigenvalue weighted by atomic mass is 10.1. The van der Waals surface area contributed by atoms with Crippen LogP contribution in [-0.2, 0) is 9.53 Å². The summed E-state index contributed by atoms with van der Waals surface area (Å²) in [6.45, 7) is 10.4. The van der Waals surface area contributed by atoms with E-state index in [1.807, 2.05) is 4.90 Å². The first kappa shape index (κ1) is 17.4. The molecule has 0 aromatic carbocycles. The Morgan fingerprint density at radius 2 is 1.95 bits per heavy atom. The lowest BCUT2D eigenvalue weighted by Crippen LogP contribution is -2.37. The van der Waals surface area contributed by atoms with Crippen molar-refractivity contribution in [1.29, 1.82) is 0 Å². The summed E-state index contributed by atoms with van der Waals surface area (Å²) in [5.74, 6) is 1.09. The number of carbonyl (C=O) groups excluding carboxylic acids is 1. The van der Waals surface area contributed by atoms with Crippen molar-refractivity contribution in [2.75, 3.05) is 53.0 Å². The van der Waals surface area contributed by atoms with Crippen LogP contribution >= 0.6 is 0 Å². The lowest BCUT2D eigenvalue weighted by Gasteiger charge is -2.24. The van der Waals surface area contributed by atoms with E-state index in [2.05, 4.69) is 18.7 Å². The van der Waals surface area contributed by atoms with Crippen LogP contribution in [0.4, 0.5) is 0 Å². The van der Waals surface area contributed by atoms with Crippen LogP contribution in [0.15, 0.2) is 0 Å². The Kier molecular flexibility index (Phi) is 8.11. The van der Waals surface area contributed by atoms with E-state index in [1.54, 1.807) is 7.11 Å². The third-order valence-electron chi connectivity index (χ3n) is 3.89. The van der Waals surface area contributed by atoms with Gasteiger partial charge in [0, 0.05) is 46.3 Å². The zero-order valence-electron chi connectivity index (χ0n) is 13.3. The van der Waals surface area contributed by atoms with Crippen molar-refractivity contribution >= 4 is 5.91 Å². The SMILES string of the molecule is COCC(C)CC(=O)N1CCCN(CC(C)CN)CC1. The van der Waals surface area contributed by atoms with Gasteiger partial charge in [-0.15, -0.1) is 0 Å².